The van der Waals surface area contributed by atoms with E-state index in [9.17, 15) is 5.11 Å². The monoisotopic (exact) mass is 216 g/mol. The Morgan fingerprint density at radius 3 is 2.87 bits per heavy atom. The van der Waals surface area contributed by atoms with Crippen LogP contribution in [-0.4, -0.2) is 15.1 Å². The molecule has 3 aromatic rings. The summed E-state index contributed by atoms with van der Waals surface area (Å²) in [4.78, 5) is 8.61. The number of para-hydroxylation sites is 1. The maximum atomic E-state index is 9.60. The van der Waals surface area contributed by atoms with Gasteiger partial charge in [-0.05, 0) is 23.6 Å². The molecule has 0 saturated carbocycles. The van der Waals surface area contributed by atoms with Crippen molar-refractivity contribution in [2.24, 2.45) is 0 Å². The second-order valence-electron chi connectivity index (χ2n) is 3.24. The average Bonchev–Trinajstić information content (AvgIpc) is 2.86. The molecule has 0 aliphatic carbocycles. The van der Waals surface area contributed by atoms with Crippen LogP contribution in [-0.2, 0) is 0 Å². The fourth-order valence-corrected chi connectivity index (χ4v) is 2.22. The second kappa shape index (κ2) is 3.10. The minimum atomic E-state index is 0.214. The lowest BCUT2D eigenvalue weighted by molar-refractivity contribution is 0.480. The SMILES string of the molecule is Oc1cccc2[nH]c(-c3cccs3)nc12. The Hall–Kier alpha value is -1.81. The van der Waals surface area contributed by atoms with Gasteiger partial charge in [0.1, 0.15) is 17.1 Å². The molecule has 0 aliphatic rings. The summed E-state index contributed by atoms with van der Waals surface area (Å²) in [6.45, 7) is 0. The third-order valence-corrected chi connectivity index (χ3v) is 3.12. The Morgan fingerprint density at radius 1 is 1.20 bits per heavy atom. The van der Waals surface area contributed by atoms with Crippen molar-refractivity contribution >= 4 is 22.4 Å². The standard InChI is InChI=1S/C11H8N2OS/c14-8-4-1-3-7-10(8)13-11(12-7)9-5-2-6-15-9/h1-6,14H,(H,12,13). The van der Waals surface area contributed by atoms with Gasteiger partial charge in [-0.3, -0.25) is 0 Å². The van der Waals surface area contributed by atoms with E-state index in [0.717, 1.165) is 16.2 Å². The molecule has 0 unspecified atom stereocenters. The van der Waals surface area contributed by atoms with Gasteiger partial charge in [0.2, 0.25) is 0 Å². The molecule has 4 heteroatoms. The van der Waals surface area contributed by atoms with E-state index in [-0.39, 0.29) is 5.75 Å². The number of nitrogens with zero attached hydrogens (tertiary/aromatic N) is 1. The first-order valence-electron chi connectivity index (χ1n) is 4.56. The molecule has 0 radical (unpaired) electrons. The second-order valence-corrected chi connectivity index (χ2v) is 4.18. The van der Waals surface area contributed by atoms with Gasteiger partial charge < -0.3 is 10.1 Å². The normalized spacial score (nSPS) is 10.9. The van der Waals surface area contributed by atoms with Gasteiger partial charge in [-0.2, -0.15) is 0 Å². The number of fused-ring (bicyclic) bond motifs is 1. The van der Waals surface area contributed by atoms with Crippen LogP contribution in [0.1, 0.15) is 0 Å². The van der Waals surface area contributed by atoms with Crippen LogP contribution in [0.15, 0.2) is 35.7 Å². The number of hydrogen-bond donors (Lipinski definition) is 2. The summed E-state index contributed by atoms with van der Waals surface area (Å²) in [6.07, 6.45) is 0. The number of aromatic amines is 1. The van der Waals surface area contributed by atoms with E-state index >= 15 is 0 Å². The Labute approximate surface area is 90.0 Å². The van der Waals surface area contributed by atoms with Gasteiger partial charge in [-0.25, -0.2) is 4.98 Å². The third-order valence-electron chi connectivity index (χ3n) is 2.25. The van der Waals surface area contributed by atoms with E-state index in [2.05, 4.69) is 9.97 Å². The molecule has 0 aliphatic heterocycles. The molecule has 2 aromatic heterocycles. The predicted octanol–water partition coefficient (Wildman–Crippen LogP) is 3.00. The largest absolute Gasteiger partial charge is 0.506 e. The molecular formula is C11H8N2OS. The Morgan fingerprint density at radius 2 is 2.13 bits per heavy atom. The van der Waals surface area contributed by atoms with Crippen LogP contribution in [0.25, 0.3) is 21.7 Å². The Kier molecular flexibility index (Phi) is 1.76. The molecule has 3 nitrogen and oxygen atoms in total. The smallest absolute Gasteiger partial charge is 0.148 e. The van der Waals surface area contributed by atoms with Gasteiger partial charge in [0.15, 0.2) is 0 Å². The molecule has 0 amide bonds. The molecule has 0 atom stereocenters. The average molecular weight is 216 g/mol. The highest BCUT2D eigenvalue weighted by molar-refractivity contribution is 7.13. The highest BCUT2D eigenvalue weighted by Gasteiger charge is 2.08. The fourth-order valence-electron chi connectivity index (χ4n) is 1.55. The number of aromatic nitrogens is 2. The van der Waals surface area contributed by atoms with Crippen LogP contribution < -0.4 is 0 Å². The number of imidazole rings is 1. The van der Waals surface area contributed by atoms with Crippen LogP contribution in [0.2, 0.25) is 0 Å². The number of phenols is 1. The molecule has 15 heavy (non-hydrogen) atoms. The molecule has 74 valence electrons. The van der Waals surface area contributed by atoms with Crippen molar-refractivity contribution in [3.63, 3.8) is 0 Å². The molecule has 1 aromatic carbocycles. The zero-order valence-corrected chi connectivity index (χ0v) is 8.58. The molecule has 2 heterocycles. The zero-order valence-electron chi connectivity index (χ0n) is 7.77. The fraction of sp³-hybridized carbons (Fsp3) is 0. The summed E-state index contributed by atoms with van der Waals surface area (Å²) in [5.74, 6) is 1.02. The first-order valence-corrected chi connectivity index (χ1v) is 5.44. The summed E-state index contributed by atoms with van der Waals surface area (Å²) in [7, 11) is 0. The number of phenolic OH excluding ortho intramolecular Hbond substituents is 1. The van der Waals surface area contributed by atoms with E-state index < -0.39 is 0 Å². The first kappa shape index (κ1) is 8.49. The van der Waals surface area contributed by atoms with Crippen molar-refractivity contribution in [1.82, 2.24) is 9.97 Å². The van der Waals surface area contributed by atoms with Crippen molar-refractivity contribution in [2.75, 3.05) is 0 Å². The van der Waals surface area contributed by atoms with Crippen molar-refractivity contribution in [3.8, 4) is 16.5 Å². The van der Waals surface area contributed by atoms with Gasteiger partial charge in [0.25, 0.3) is 0 Å². The number of hydrogen-bond acceptors (Lipinski definition) is 3. The molecule has 0 spiro atoms. The van der Waals surface area contributed by atoms with E-state index in [4.69, 9.17) is 0 Å². The minimum Gasteiger partial charge on any atom is -0.506 e. The van der Waals surface area contributed by atoms with Crippen LogP contribution in [0.5, 0.6) is 5.75 Å². The Bertz CT molecular complexity index is 598. The molecule has 0 bridgehead atoms. The van der Waals surface area contributed by atoms with Gasteiger partial charge >= 0.3 is 0 Å². The van der Waals surface area contributed by atoms with E-state index in [1.807, 2.05) is 23.6 Å². The number of thiophene rings is 1. The number of aromatic hydroxyl groups is 1. The molecule has 2 N–H and O–H groups in total. The molecule has 0 fully saturated rings. The van der Waals surface area contributed by atoms with Gasteiger partial charge in [-0.15, -0.1) is 11.3 Å². The highest BCUT2D eigenvalue weighted by atomic mass is 32.1. The zero-order chi connectivity index (χ0) is 10.3. The lowest BCUT2D eigenvalue weighted by Gasteiger charge is -1.89. The maximum absolute atomic E-state index is 9.60. The van der Waals surface area contributed by atoms with E-state index in [1.165, 1.54) is 0 Å². The van der Waals surface area contributed by atoms with Crippen LogP contribution >= 0.6 is 11.3 Å². The van der Waals surface area contributed by atoms with Crippen LogP contribution in [0, 0.1) is 0 Å². The van der Waals surface area contributed by atoms with E-state index in [1.54, 1.807) is 23.5 Å². The molecule has 3 rings (SSSR count). The maximum Gasteiger partial charge on any atom is 0.148 e. The summed E-state index contributed by atoms with van der Waals surface area (Å²) in [6, 6.07) is 9.32. The Balaban J connectivity index is 2.27. The van der Waals surface area contributed by atoms with Gasteiger partial charge in [0.05, 0.1) is 10.4 Å². The topological polar surface area (TPSA) is 48.9 Å². The summed E-state index contributed by atoms with van der Waals surface area (Å²) >= 11 is 1.62. The van der Waals surface area contributed by atoms with Gasteiger partial charge in [0, 0.05) is 0 Å². The van der Waals surface area contributed by atoms with Crippen LogP contribution in [0.3, 0.4) is 0 Å². The summed E-state index contributed by atoms with van der Waals surface area (Å²) in [5, 5.41) is 11.6. The van der Waals surface area contributed by atoms with Crippen molar-refractivity contribution in [2.45, 2.75) is 0 Å². The lowest BCUT2D eigenvalue weighted by Crippen LogP contribution is -1.72. The molecule has 0 saturated heterocycles. The minimum absolute atomic E-state index is 0.214. The number of nitrogens with one attached hydrogen (secondary N) is 1. The highest BCUT2D eigenvalue weighted by Crippen LogP contribution is 2.28. The number of H-pyrrole nitrogens is 1. The molecular weight excluding hydrogens is 208 g/mol. The third kappa shape index (κ3) is 1.30. The van der Waals surface area contributed by atoms with Crippen molar-refractivity contribution < 1.29 is 5.11 Å². The number of rotatable bonds is 1. The quantitative estimate of drug-likeness (QED) is 0.657. The van der Waals surface area contributed by atoms with Crippen LogP contribution in [0.4, 0.5) is 0 Å². The lowest BCUT2D eigenvalue weighted by atomic mass is 10.3. The first-order chi connectivity index (χ1) is 7.34. The van der Waals surface area contributed by atoms with E-state index in [0.29, 0.717) is 5.52 Å². The summed E-state index contributed by atoms with van der Waals surface area (Å²) in [5.41, 5.74) is 1.49. The predicted molar refractivity (Wildman–Crippen MR) is 61.1 cm³/mol. The van der Waals surface area contributed by atoms with Crippen molar-refractivity contribution in [3.05, 3.63) is 35.7 Å². The number of benzene rings is 1. The van der Waals surface area contributed by atoms with Crippen molar-refractivity contribution in [1.29, 1.82) is 0 Å². The summed E-state index contributed by atoms with van der Waals surface area (Å²) < 4.78 is 0. The van der Waals surface area contributed by atoms with Gasteiger partial charge in [-0.1, -0.05) is 12.1 Å².